The van der Waals surface area contributed by atoms with E-state index in [0.717, 1.165) is 37.5 Å². The first-order chi connectivity index (χ1) is 9.31. The van der Waals surface area contributed by atoms with Crippen molar-refractivity contribution in [2.24, 2.45) is 0 Å². The summed E-state index contributed by atoms with van der Waals surface area (Å²) >= 11 is 5.65. The zero-order valence-corrected chi connectivity index (χ0v) is 13.8. The third-order valence-corrected chi connectivity index (χ3v) is 5.14. The largest absolute Gasteiger partial charge is 0.375 e. The van der Waals surface area contributed by atoms with Crippen molar-refractivity contribution in [2.75, 3.05) is 24.7 Å². The summed E-state index contributed by atoms with van der Waals surface area (Å²) in [5.74, 6) is 2.23. The van der Waals surface area contributed by atoms with Crippen molar-refractivity contribution in [1.29, 1.82) is 0 Å². The fourth-order valence-electron chi connectivity index (χ4n) is 2.30. The smallest absolute Gasteiger partial charge is 0.0821 e. The minimum absolute atomic E-state index is 0.331. The highest BCUT2D eigenvalue weighted by Crippen LogP contribution is 2.22. The summed E-state index contributed by atoms with van der Waals surface area (Å²) in [6, 6.07) is 8.89. The molecule has 2 atom stereocenters. The average molecular weight is 344 g/mol. The minimum Gasteiger partial charge on any atom is -0.375 e. The first-order valence-corrected chi connectivity index (χ1v) is 8.92. The molecule has 1 aromatic carbocycles. The average Bonchev–Trinajstić information content (AvgIpc) is 2.46. The first kappa shape index (κ1) is 15.4. The van der Waals surface area contributed by atoms with Gasteiger partial charge in [-0.2, -0.15) is 11.8 Å². The summed E-state index contributed by atoms with van der Waals surface area (Å²) in [5, 5.41) is 3.66. The minimum atomic E-state index is 0.331. The van der Waals surface area contributed by atoms with Crippen LogP contribution in [0.2, 0.25) is 0 Å². The zero-order chi connectivity index (χ0) is 13.5. The van der Waals surface area contributed by atoms with Crippen LogP contribution in [-0.2, 0) is 11.2 Å². The van der Waals surface area contributed by atoms with Crippen LogP contribution >= 0.6 is 27.7 Å². The molecule has 2 rings (SSSR count). The van der Waals surface area contributed by atoms with Crippen molar-refractivity contribution in [2.45, 2.75) is 31.9 Å². The van der Waals surface area contributed by atoms with Crippen LogP contribution in [0.25, 0.3) is 0 Å². The standard InChI is InChI=1S/C15H22BrNOS/c1-2-7-17-14(15-11-19-9-8-18-15)10-12-5-3-4-6-13(12)16/h3-6,14-15,17H,2,7-11H2,1H3. The molecule has 1 aliphatic rings. The van der Waals surface area contributed by atoms with Crippen LogP contribution < -0.4 is 5.32 Å². The van der Waals surface area contributed by atoms with E-state index in [1.165, 1.54) is 10.0 Å². The maximum Gasteiger partial charge on any atom is 0.0821 e. The highest BCUT2D eigenvalue weighted by atomic mass is 79.9. The maximum atomic E-state index is 5.95. The summed E-state index contributed by atoms with van der Waals surface area (Å²) in [7, 11) is 0. The zero-order valence-electron chi connectivity index (χ0n) is 11.4. The Morgan fingerprint density at radius 2 is 2.32 bits per heavy atom. The molecule has 1 fully saturated rings. The van der Waals surface area contributed by atoms with Crippen molar-refractivity contribution in [3.05, 3.63) is 34.3 Å². The Bertz CT molecular complexity index is 382. The van der Waals surface area contributed by atoms with Gasteiger partial charge in [-0.05, 0) is 31.0 Å². The summed E-state index contributed by atoms with van der Waals surface area (Å²) < 4.78 is 7.15. The number of hydrogen-bond donors (Lipinski definition) is 1. The van der Waals surface area contributed by atoms with Gasteiger partial charge in [-0.25, -0.2) is 0 Å². The molecule has 0 bridgehead atoms. The van der Waals surface area contributed by atoms with Crippen molar-refractivity contribution in [1.82, 2.24) is 5.32 Å². The molecule has 0 amide bonds. The lowest BCUT2D eigenvalue weighted by molar-refractivity contribution is 0.0471. The van der Waals surface area contributed by atoms with E-state index in [0.29, 0.717) is 12.1 Å². The molecule has 1 heterocycles. The van der Waals surface area contributed by atoms with Gasteiger partial charge < -0.3 is 10.1 Å². The van der Waals surface area contributed by atoms with Gasteiger partial charge in [0, 0.05) is 22.0 Å². The third kappa shape index (κ3) is 4.78. The Morgan fingerprint density at radius 3 is 3.00 bits per heavy atom. The Balaban J connectivity index is 2.02. The number of hydrogen-bond acceptors (Lipinski definition) is 3. The van der Waals surface area contributed by atoms with Crippen molar-refractivity contribution >= 4 is 27.7 Å². The van der Waals surface area contributed by atoms with Crippen LogP contribution in [0.3, 0.4) is 0 Å². The monoisotopic (exact) mass is 343 g/mol. The second kappa shape index (κ2) is 8.30. The molecule has 1 N–H and O–H groups in total. The Morgan fingerprint density at radius 1 is 1.47 bits per heavy atom. The van der Waals surface area contributed by atoms with Crippen LogP contribution in [0.5, 0.6) is 0 Å². The first-order valence-electron chi connectivity index (χ1n) is 6.97. The van der Waals surface area contributed by atoms with Gasteiger partial charge >= 0.3 is 0 Å². The highest BCUT2D eigenvalue weighted by Gasteiger charge is 2.25. The third-order valence-electron chi connectivity index (χ3n) is 3.34. The molecule has 0 spiro atoms. The van der Waals surface area contributed by atoms with E-state index < -0.39 is 0 Å². The second-order valence-corrected chi connectivity index (χ2v) is 6.84. The molecular weight excluding hydrogens is 322 g/mol. The number of thioether (sulfide) groups is 1. The van der Waals surface area contributed by atoms with E-state index in [1.807, 2.05) is 11.8 Å². The van der Waals surface area contributed by atoms with Crippen LogP contribution in [0.4, 0.5) is 0 Å². The van der Waals surface area contributed by atoms with Gasteiger partial charge in [0.05, 0.1) is 12.7 Å². The summed E-state index contributed by atoms with van der Waals surface area (Å²) in [6.07, 6.45) is 2.51. The molecule has 106 valence electrons. The predicted molar refractivity (Wildman–Crippen MR) is 87.0 cm³/mol. The summed E-state index contributed by atoms with van der Waals surface area (Å²) in [4.78, 5) is 0. The normalized spacial score (nSPS) is 21.3. The van der Waals surface area contributed by atoms with Crippen molar-refractivity contribution in [3.8, 4) is 0 Å². The van der Waals surface area contributed by atoms with E-state index in [2.05, 4.69) is 52.4 Å². The molecule has 19 heavy (non-hydrogen) atoms. The number of nitrogens with one attached hydrogen (secondary N) is 1. The fraction of sp³-hybridized carbons (Fsp3) is 0.600. The topological polar surface area (TPSA) is 21.3 Å². The van der Waals surface area contributed by atoms with E-state index in [4.69, 9.17) is 4.74 Å². The molecule has 0 radical (unpaired) electrons. The highest BCUT2D eigenvalue weighted by molar-refractivity contribution is 9.10. The van der Waals surface area contributed by atoms with Crippen LogP contribution in [0.15, 0.2) is 28.7 Å². The van der Waals surface area contributed by atoms with Crippen molar-refractivity contribution < 1.29 is 4.74 Å². The molecule has 0 saturated carbocycles. The molecule has 0 aliphatic carbocycles. The molecule has 2 nitrogen and oxygen atoms in total. The summed E-state index contributed by atoms with van der Waals surface area (Å²) in [5.41, 5.74) is 1.36. The number of benzene rings is 1. The van der Waals surface area contributed by atoms with Crippen LogP contribution in [-0.4, -0.2) is 36.8 Å². The van der Waals surface area contributed by atoms with Gasteiger partial charge in [-0.3, -0.25) is 0 Å². The Hall–Kier alpha value is -0.0300. The second-order valence-electron chi connectivity index (χ2n) is 4.84. The molecule has 1 aromatic rings. The summed E-state index contributed by atoms with van der Waals surface area (Å²) in [6.45, 7) is 4.15. The van der Waals surface area contributed by atoms with E-state index in [1.54, 1.807) is 0 Å². The van der Waals surface area contributed by atoms with Gasteiger partial charge in [-0.15, -0.1) is 0 Å². The van der Waals surface area contributed by atoms with E-state index in [9.17, 15) is 0 Å². The molecular formula is C15H22BrNOS. The fourth-order valence-corrected chi connectivity index (χ4v) is 3.69. The Kier molecular flexibility index (Phi) is 6.71. The molecule has 4 heteroatoms. The molecule has 1 aliphatic heterocycles. The lowest BCUT2D eigenvalue weighted by Gasteiger charge is -2.31. The van der Waals surface area contributed by atoms with Gasteiger partial charge in [0.1, 0.15) is 0 Å². The Labute approximate surface area is 128 Å². The molecule has 1 saturated heterocycles. The molecule has 2 unspecified atom stereocenters. The predicted octanol–water partition coefficient (Wildman–Crippen LogP) is 3.49. The SMILES string of the molecule is CCCNC(Cc1ccccc1Br)C1CSCCO1. The number of halogens is 1. The van der Waals surface area contributed by atoms with Gasteiger partial charge in [0.25, 0.3) is 0 Å². The van der Waals surface area contributed by atoms with Gasteiger partial charge in [0.15, 0.2) is 0 Å². The molecule has 0 aromatic heterocycles. The van der Waals surface area contributed by atoms with Gasteiger partial charge in [-0.1, -0.05) is 41.1 Å². The van der Waals surface area contributed by atoms with Gasteiger partial charge in [0.2, 0.25) is 0 Å². The number of ether oxygens (including phenoxy) is 1. The quantitative estimate of drug-likeness (QED) is 0.854. The van der Waals surface area contributed by atoms with E-state index >= 15 is 0 Å². The van der Waals surface area contributed by atoms with E-state index in [-0.39, 0.29) is 0 Å². The maximum absolute atomic E-state index is 5.95. The van der Waals surface area contributed by atoms with Crippen molar-refractivity contribution in [3.63, 3.8) is 0 Å². The lowest BCUT2D eigenvalue weighted by Crippen LogP contribution is -2.46. The number of rotatable bonds is 6. The van der Waals surface area contributed by atoms with Crippen LogP contribution in [0, 0.1) is 0 Å². The van der Waals surface area contributed by atoms with Crippen LogP contribution in [0.1, 0.15) is 18.9 Å². The lowest BCUT2D eigenvalue weighted by atomic mass is 10.0.